The summed E-state index contributed by atoms with van der Waals surface area (Å²) in [5.74, 6) is 0.0760. The van der Waals surface area contributed by atoms with Gasteiger partial charge in [-0.3, -0.25) is 4.79 Å². The van der Waals surface area contributed by atoms with E-state index in [0.717, 1.165) is 12.1 Å². The maximum atomic E-state index is 13.0. The topological polar surface area (TPSA) is 35.5 Å². The highest BCUT2D eigenvalue weighted by Crippen LogP contribution is 2.40. The highest BCUT2D eigenvalue weighted by atomic mass is 19.4. The van der Waals surface area contributed by atoms with E-state index in [9.17, 15) is 18.0 Å². The van der Waals surface area contributed by atoms with Gasteiger partial charge in [-0.05, 0) is 30.3 Å². The molecule has 0 aliphatic carbocycles. The fraction of sp³-hybridized carbons (Fsp3) is 0.133. The molecule has 6 heteroatoms. The minimum atomic E-state index is -4.63. The standard InChI is InChI=1S/C15H11F3O3/c1-20-13-4-2-3-5-14(13)21-12-7-6-10(9-19)8-11(12)15(16,17)18/h2-9H,1H3. The van der Waals surface area contributed by atoms with Crippen molar-refractivity contribution in [3.63, 3.8) is 0 Å². The highest BCUT2D eigenvalue weighted by Gasteiger charge is 2.35. The molecule has 0 bridgehead atoms. The van der Waals surface area contributed by atoms with Crippen LogP contribution in [-0.4, -0.2) is 13.4 Å². The SMILES string of the molecule is COc1ccccc1Oc1ccc(C=O)cc1C(F)(F)F. The van der Waals surface area contributed by atoms with Crippen molar-refractivity contribution in [1.82, 2.24) is 0 Å². The normalized spacial score (nSPS) is 11.0. The van der Waals surface area contributed by atoms with Crippen LogP contribution in [0.4, 0.5) is 13.2 Å². The number of aldehydes is 1. The number of benzene rings is 2. The van der Waals surface area contributed by atoms with Crippen molar-refractivity contribution in [2.45, 2.75) is 6.18 Å². The second-order valence-electron chi connectivity index (χ2n) is 4.12. The summed E-state index contributed by atoms with van der Waals surface area (Å²) in [6.07, 6.45) is -4.28. The van der Waals surface area contributed by atoms with E-state index >= 15 is 0 Å². The number of methoxy groups -OCH3 is 1. The summed E-state index contributed by atoms with van der Waals surface area (Å²) in [4.78, 5) is 10.6. The van der Waals surface area contributed by atoms with Crippen LogP contribution in [0.2, 0.25) is 0 Å². The van der Waals surface area contributed by atoms with Crippen molar-refractivity contribution in [2.24, 2.45) is 0 Å². The van der Waals surface area contributed by atoms with E-state index in [0.29, 0.717) is 12.0 Å². The molecule has 0 fully saturated rings. The average molecular weight is 296 g/mol. The molecular weight excluding hydrogens is 285 g/mol. The fourth-order valence-corrected chi connectivity index (χ4v) is 1.75. The van der Waals surface area contributed by atoms with Crippen molar-refractivity contribution in [2.75, 3.05) is 7.11 Å². The van der Waals surface area contributed by atoms with Crippen molar-refractivity contribution in [3.8, 4) is 17.2 Å². The molecule has 2 aromatic rings. The number of para-hydroxylation sites is 2. The summed E-state index contributed by atoms with van der Waals surface area (Å²) in [5, 5.41) is 0. The Hall–Kier alpha value is -2.50. The van der Waals surface area contributed by atoms with Crippen LogP contribution in [0.3, 0.4) is 0 Å². The van der Waals surface area contributed by atoms with Gasteiger partial charge < -0.3 is 9.47 Å². The van der Waals surface area contributed by atoms with Gasteiger partial charge in [0.15, 0.2) is 11.5 Å². The van der Waals surface area contributed by atoms with Gasteiger partial charge in [-0.1, -0.05) is 12.1 Å². The van der Waals surface area contributed by atoms with E-state index in [4.69, 9.17) is 9.47 Å². The third kappa shape index (κ3) is 3.34. The number of ether oxygens (including phenoxy) is 2. The van der Waals surface area contributed by atoms with Gasteiger partial charge in [0.05, 0.1) is 12.7 Å². The summed E-state index contributed by atoms with van der Waals surface area (Å²) in [6.45, 7) is 0. The first-order valence-corrected chi connectivity index (χ1v) is 5.93. The number of hydrogen-bond acceptors (Lipinski definition) is 3. The van der Waals surface area contributed by atoms with Crippen molar-refractivity contribution >= 4 is 6.29 Å². The number of rotatable bonds is 4. The van der Waals surface area contributed by atoms with Crippen LogP contribution in [0.5, 0.6) is 17.2 Å². The highest BCUT2D eigenvalue weighted by molar-refractivity contribution is 5.75. The number of alkyl halides is 3. The van der Waals surface area contributed by atoms with Gasteiger partial charge in [0.25, 0.3) is 0 Å². The molecule has 0 spiro atoms. The third-order valence-corrected chi connectivity index (χ3v) is 2.73. The van der Waals surface area contributed by atoms with Crippen LogP contribution in [0.15, 0.2) is 42.5 Å². The van der Waals surface area contributed by atoms with Gasteiger partial charge in [-0.15, -0.1) is 0 Å². The molecule has 0 unspecified atom stereocenters. The van der Waals surface area contributed by atoms with Crippen LogP contribution < -0.4 is 9.47 Å². The molecule has 0 saturated heterocycles. The smallest absolute Gasteiger partial charge is 0.420 e. The molecule has 0 N–H and O–H groups in total. The average Bonchev–Trinajstić information content (AvgIpc) is 2.47. The lowest BCUT2D eigenvalue weighted by Crippen LogP contribution is -2.08. The lowest BCUT2D eigenvalue weighted by Gasteiger charge is -2.15. The zero-order chi connectivity index (χ0) is 15.5. The molecule has 0 saturated carbocycles. The molecular formula is C15H11F3O3. The maximum Gasteiger partial charge on any atom is 0.420 e. The van der Waals surface area contributed by atoms with Gasteiger partial charge in [0, 0.05) is 5.56 Å². The summed E-state index contributed by atoms with van der Waals surface area (Å²) in [6, 6.07) is 9.47. The van der Waals surface area contributed by atoms with Crippen molar-refractivity contribution < 1.29 is 27.4 Å². The molecule has 0 heterocycles. The van der Waals surface area contributed by atoms with E-state index in [1.54, 1.807) is 18.2 Å². The molecule has 2 rings (SSSR count). The van der Waals surface area contributed by atoms with Gasteiger partial charge in [0.1, 0.15) is 12.0 Å². The van der Waals surface area contributed by atoms with Gasteiger partial charge in [-0.25, -0.2) is 0 Å². The zero-order valence-corrected chi connectivity index (χ0v) is 11.0. The Balaban J connectivity index is 2.46. The Kier molecular flexibility index (Phi) is 4.16. The predicted octanol–water partition coefficient (Wildman–Crippen LogP) is 4.32. The maximum absolute atomic E-state index is 13.0. The zero-order valence-electron chi connectivity index (χ0n) is 11.0. The van der Waals surface area contributed by atoms with E-state index in [-0.39, 0.29) is 11.3 Å². The van der Waals surface area contributed by atoms with E-state index in [1.807, 2.05) is 0 Å². The van der Waals surface area contributed by atoms with Gasteiger partial charge in [-0.2, -0.15) is 13.2 Å². The number of carbonyl (C=O) groups excluding carboxylic acids is 1. The third-order valence-electron chi connectivity index (χ3n) is 2.73. The number of carbonyl (C=O) groups is 1. The lowest BCUT2D eigenvalue weighted by molar-refractivity contribution is -0.138. The lowest BCUT2D eigenvalue weighted by atomic mass is 10.1. The minimum Gasteiger partial charge on any atom is -0.493 e. The summed E-state index contributed by atoms with van der Waals surface area (Å²) >= 11 is 0. The summed E-state index contributed by atoms with van der Waals surface area (Å²) in [5.41, 5.74) is -1.09. The molecule has 0 aliphatic heterocycles. The van der Waals surface area contributed by atoms with Crippen LogP contribution >= 0.6 is 0 Å². The van der Waals surface area contributed by atoms with Gasteiger partial charge >= 0.3 is 6.18 Å². The Morgan fingerprint density at radius 2 is 1.67 bits per heavy atom. The van der Waals surface area contributed by atoms with Crippen LogP contribution in [0.25, 0.3) is 0 Å². The Labute approximate surface area is 118 Å². The Morgan fingerprint density at radius 3 is 2.24 bits per heavy atom. The largest absolute Gasteiger partial charge is 0.493 e. The van der Waals surface area contributed by atoms with Gasteiger partial charge in [0.2, 0.25) is 0 Å². The minimum absolute atomic E-state index is 0.0744. The van der Waals surface area contributed by atoms with Crippen LogP contribution in [0, 0.1) is 0 Å². The van der Waals surface area contributed by atoms with E-state index < -0.39 is 17.5 Å². The molecule has 0 aromatic heterocycles. The van der Waals surface area contributed by atoms with Crippen molar-refractivity contribution in [1.29, 1.82) is 0 Å². The summed E-state index contributed by atoms with van der Waals surface area (Å²) < 4.78 is 49.4. The molecule has 110 valence electrons. The molecule has 0 atom stereocenters. The van der Waals surface area contributed by atoms with E-state index in [2.05, 4.69) is 0 Å². The molecule has 3 nitrogen and oxygen atoms in total. The Bertz CT molecular complexity index is 651. The molecule has 2 aromatic carbocycles. The first kappa shape index (κ1) is 14.9. The number of halogens is 3. The monoisotopic (exact) mass is 296 g/mol. The second-order valence-corrected chi connectivity index (χ2v) is 4.12. The fourth-order valence-electron chi connectivity index (χ4n) is 1.75. The molecule has 0 aliphatic rings. The molecule has 0 radical (unpaired) electrons. The summed E-state index contributed by atoms with van der Waals surface area (Å²) in [7, 11) is 1.39. The van der Waals surface area contributed by atoms with Crippen molar-refractivity contribution in [3.05, 3.63) is 53.6 Å². The van der Waals surface area contributed by atoms with E-state index in [1.165, 1.54) is 19.2 Å². The first-order valence-electron chi connectivity index (χ1n) is 5.93. The Morgan fingerprint density at radius 1 is 1.00 bits per heavy atom. The molecule has 0 amide bonds. The second kappa shape index (κ2) is 5.87. The van der Waals surface area contributed by atoms with Crippen LogP contribution in [0.1, 0.15) is 15.9 Å². The first-order chi connectivity index (χ1) is 9.95. The van der Waals surface area contributed by atoms with Crippen LogP contribution in [-0.2, 0) is 6.18 Å². The number of hydrogen-bond donors (Lipinski definition) is 0. The quantitative estimate of drug-likeness (QED) is 0.788. The molecule has 21 heavy (non-hydrogen) atoms. The predicted molar refractivity (Wildman–Crippen MR) is 69.9 cm³/mol.